The van der Waals surface area contributed by atoms with Gasteiger partial charge in [0.2, 0.25) is 0 Å². The van der Waals surface area contributed by atoms with Gasteiger partial charge in [-0.1, -0.05) is 6.07 Å². The van der Waals surface area contributed by atoms with Crippen LogP contribution in [0, 0.1) is 0 Å². The third-order valence-electron chi connectivity index (χ3n) is 6.48. The average molecular weight is 456 g/mol. The summed E-state index contributed by atoms with van der Waals surface area (Å²) in [6.07, 6.45) is -1.40. The lowest BCUT2D eigenvalue weighted by Crippen LogP contribution is -2.43. The van der Waals surface area contributed by atoms with Crippen LogP contribution < -0.4 is 4.90 Å². The number of alkyl halides is 3. The maximum absolute atomic E-state index is 13.5. The van der Waals surface area contributed by atoms with E-state index in [-0.39, 0.29) is 12.0 Å². The van der Waals surface area contributed by atoms with Gasteiger partial charge < -0.3 is 19.4 Å². The summed E-state index contributed by atoms with van der Waals surface area (Å²) in [5.41, 5.74) is 0.516. The monoisotopic (exact) mass is 455 g/mol. The molecule has 1 amide bonds. The van der Waals surface area contributed by atoms with Crippen LogP contribution in [-0.2, 0) is 10.9 Å². The Bertz CT molecular complexity index is 789. The summed E-state index contributed by atoms with van der Waals surface area (Å²) in [4.78, 5) is 18.4. The van der Waals surface area contributed by atoms with Gasteiger partial charge in [0.25, 0.3) is 0 Å². The number of hydrogen-bond donors (Lipinski definition) is 0. The van der Waals surface area contributed by atoms with Crippen LogP contribution in [0.4, 0.5) is 23.7 Å². The Labute approximate surface area is 189 Å². The summed E-state index contributed by atoms with van der Waals surface area (Å²) in [6, 6.07) is 4.64. The Hall–Kier alpha value is -1.96. The number of piperidine rings is 2. The highest BCUT2D eigenvalue weighted by molar-refractivity contribution is 5.68. The minimum absolute atomic E-state index is 0.123. The average Bonchev–Trinajstić information content (AvgIpc) is 2.71. The number of ether oxygens (including phenoxy) is 1. The van der Waals surface area contributed by atoms with Gasteiger partial charge in [0.1, 0.15) is 5.60 Å². The van der Waals surface area contributed by atoms with Crippen molar-refractivity contribution in [1.82, 2.24) is 9.80 Å². The molecule has 32 heavy (non-hydrogen) atoms. The van der Waals surface area contributed by atoms with Crippen LogP contribution in [0.25, 0.3) is 0 Å². The van der Waals surface area contributed by atoms with E-state index in [4.69, 9.17) is 4.74 Å². The first-order valence-electron chi connectivity index (χ1n) is 11.5. The van der Waals surface area contributed by atoms with Crippen LogP contribution in [0.2, 0.25) is 0 Å². The van der Waals surface area contributed by atoms with Crippen LogP contribution in [0.1, 0.15) is 63.5 Å². The van der Waals surface area contributed by atoms with Crippen molar-refractivity contribution in [2.75, 3.05) is 45.2 Å². The van der Waals surface area contributed by atoms with E-state index in [1.165, 1.54) is 12.1 Å². The molecule has 0 unspecified atom stereocenters. The highest BCUT2D eigenvalue weighted by atomic mass is 19.4. The van der Waals surface area contributed by atoms with Crippen LogP contribution in [0.5, 0.6) is 0 Å². The molecule has 0 N–H and O–H groups in total. The predicted molar refractivity (Wildman–Crippen MR) is 120 cm³/mol. The molecule has 180 valence electrons. The van der Waals surface area contributed by atoms with Crippen molar-refractivity contribution in [2.24, 2.45) is 0 Å². The van der Waals surface area contributed by atoms with Crippen molar-refractivity contribution in [3.8, 4) is 0 Å². The molecule has 0 aromatic heterocycles. The fourth-order valence-electron chi connectivity index (χ4n) is 4.66. The summed E-state index contributed by atoms with van der Waals surface area (Å²) in [7, 11) is 4.10. The number of carbonyl (C=O) groups excluding carboxylic acids is 1. The zero-order valence-electron chi connectivity index (χ0n) is 19.8. The van der Waals surface area contributed by atoms with E-state index in [0.717, 1.165) is 31.5 Å². The molecular formula is C24H36F3N3O2. The van der Waals surface area contributed by atoms with Gasteiger partial charge in [0.05, 0.1) is 5.56 Å². The summed E-state index contributed by atoms with van der Waals surface area (Å²) in [6.45, 7) is 8.09. The number of anilines is 1. The Morgan fingerprint density at radius 2 is 1.59 bits per heavy atom. The van der Waals surface area contributed by atoms with Crippen molar-refractivity contribution in [3.05, 3.63) is 29.3 Å². The number of carbonyl (C=O) groups is 1. The third-order valence-corrected chi connectivity index (χ3v) is 6.48. The number of halogens is 3. The Morgan fingerprint density at radius 1 is 1.00 bits per heavy atom. The molecule has 0 radical (unpaired) electrons. The fraction of sp³-hybridized carbons (Fsp3) is 0.708. The Kier molecular flexibility index (Phi) is 7.32. The number of likely N-dealkylation sites (tertiary alicyclic amines) is 1. The van der Waals surface area contributed by atoms with Crippen molar-refractivity contribution in [2.45, 2.75) is 70.2 Å². The molecule has 0 aliphatic carbocycles. The minimum atomic E-state index is -4.37. The number of rotatable bonds is 3. The van der Waals surface area contributed by atoms with Crippen LogP contribution in [0.3, 0.4) is 0 Å². The molecule has 2 saturated heterocycles. The number of benzene rings is 1. The number of nitrogens with zero attached hydrogens (tertiary/aromatic N) is 3. The van der Waals surface area contributed by atoms with E-state index >= 15 is 0 Å². The van der Waals surface area contributed by atoms with Crippen LogP contribution in [0.15, 0.2) is 18.2 Å². The zero-order chi connectivity index (χ0) is 23.7. The third kappa shape index (κ3) is 6.09. The van der Waals surface area contributed by atoms with Gasteiger partial charge in [-0.2, -0.15) is 13.2 Å². The van der Waals surface area contributed by atoms with Gasteiger partial charge >= 0.3 is 12.3 Å². The van der Waals surface area contributed by atoms with Crippen molar-refractivity contribution in [3.63, 3.8) is 0 Å². The van der Waals surface area contributed by atoms with E-state index < -0.39 is 17.3 Å². The zero-order valence-corrected chi connectivity index (χ0v) is 19.8. The van der Waals surface area contributed by atoms with Gasteiger partial charge in [-0.05, 0) is 84.2 Å². The normalized spacial score (nSPS) is 19.5. The maximum Gasteiger partial charge on any atom is 0.416 e. The molecule has 8 heteroatoms. The van der Waals surface area contributed by atoms with Gasteiger partial charge in [-0.15, -0.1) is 0 Å². The van der Waals surface area contributed by atoms with Gasteiger partial charge in [0.15, 0.2) is 0 Å². The van der Waals surface area contributed by atoms with Crippen molar-refractivity contribution in [1.29, 1.82) is 0 Å². The molecule has 0 bridgehead atoms. The first kappa shape index (κ1) is 24.7. The quantitative estimate of drug-likeness (QED) is 0.616. The molecule has 0 spiro atoms. The van der Waals surface area contributed by atoms with Crippen LogP contribution in [-0.4, -0.2) is 67.8 Å². The molecule has 2 aliphatic heterocycles. The first-order chi connectivity index (χ1) is 14.8. The molecule has 5 nitrogen and oxygen atoms in total. The molecule has 0 atom stereocenters. The Balaban J connectivity index is 1.77. The molecule has 2 heterocycles. The lowest BCUT2D eigenvalue weighted by Gasteiger charge is -2.39. The van der Waals surface area contributed by atoms with E-state index in [9.17, 15) is 18.0 Å². The van der Waals surface area contributed by atoms with Gasteiger partial charge in [0, 0.05) is 37.9 Å². The number of amides is 1. The summed E-state index contributed by atoms with van der Waals surface area (Å²) < 4.78 is 45.9. The molecule has 2 fully saturated rings. The fourth-order valence-corrected chi connectivity index (χ4v) is 4.66. The highest BCUT2D eigenvalue weighted by Crippen LogP contribution is 2.40. The molecule has 0 saturated carbocycles. The lowest BCUT2D eigenvalue weighted by atomic mass is 9.87. The van der Waals surface area contributed by atoms with Gasteiger partial charge in [-0.25, -0.2) is 4.79 Å². The minimum Gasteiger partial charge on any atom is -0.444 e. The van der Waals surface area contributed by atoms with E-state index in [2.05, 4.69) is 23.9 Å². The molecule has 2 aliphatic rings. The maximum atomic E-state index is 13.5. The van der Waals surface area contributed by atoms with E-state index in [0.29, 0.717) is 37.7 Å². The summed E-state index contributed by atoms with van der Waals surface area (Å²) >= 11 is 0. The Morgan fingerprint density at radius 3 is 2.09 bits per heavy atom. The predicted octanol–water partition coefficient (Wildman–Crippen LogP) is 5.35. The molecule has 3 rings (SSSR count). The standard InChI is InChI=1S/C24H36F3N3O2/c1-23(2,3)32-22(31)30-12-8-17(9-13-30)20-7-6-18(24(25,26)27)16-21(20)29-14-10-19(11-15-29)28(4)5/h6-7,16-17,19H,8-15H2,1-5H3. The van der Waals surface area contributed by atoms with Crippen molar-refractivity contribution < 1.29 is 22.7 Å². The van der Waals surface area contributed by atoms with Crippen molar-refractivity contribution >= 4 is 11.8 Å². The van der Waals surface area contributed by atoms with Gasteiger partial charge in [-0.3, -0.25) is 0 Å². The molecule has 1 aromatic rings. The topological polar surface area (TPSA) is 36.0 Å². The SMILES string of the molecule is CN(C)C1CCN(c2cc(C(F)(F)F)ccc2C2CCN(C(=O)OC(C)(C)C)CC2)CC1. The lowest BCUT2D eigenvalue weighted by molar-refractivity contribution is -0.137. The second-order valence-electron chi connectivity index (χ2n) is 10.2. The molecule has 1 aromatic carbocycles. The summed E-state index contributed by atoms with van der Waals surface area (Å²) in [5, 5.41) is 0. The summed E-state index contributed by atoms with van der Waals surface area (Å²) in [5.74, 6) is 0.123. The highest BCUT2D eigenvalue weighted by Gasteiger charge is 2.34. The first-order valence-corrected chi connectivity index (χ1v) is 11.5. The second kappa shape index (κ2) is 9.49. The largest absolute Gasteiger partial charge is 0.444 e. The molecular weight excluding hydrogens is 419 g/mol. The second-order valence-corrected chi connectivity index (χ2v) is 10.2. The smallest absolute Gasteiger partial charge is 0.416 e. The van der Waals surface area contributed by atoms with E-state index in [1.807, 2.05) is 20.8 Å². The number of hydrogen-bond acceptors (Lipinski definition) is 4. The van der Waals surface area contributed by atoms with Crippen LogP contribution >= 0.6 is 0 Å². The van der Waals surface area contributed by atoms with E-state index in [1.54, 1.807) is 11.0 Å².